The number of anilines is 1. The third-order valence-corrected chi connectivity index (χ3v) is 4.70. The maximum absolute atomic E-state index is 12.5. The van der Waals surface area contributed by atoms with Crippen molar-refractivity contribution in [3.8, 4) is 0 Å². The minimum absolute atomic E-state index is 0.00786. The fourth-order valence-corrected chi connectivity index (χ4v) is 3.28. The second-order valence-electron chi connectivity index (χ2n) is 6.18. The first-order chi connectivity index (χ1) is 10.0. The molecule has 1 aromatic carbocycles. The van der Waals surface area contributed by atoms with Gasteiger partial charge in [0.25, 0.3) is 0 Å². The Morgan fingerprint density at radius 1 is 1.33 bits per heavy atom. The van der Waals surface area contributed by atoms with E-state index in [1.165, 1.54) is 0 Å². The highest BCUT2D eigenvalue weighted by Crippen LogP contribution is 2.38. The normalized spacial score (nSPS) is 23.1. The van der Waals surface area contributed by atoms with Crippen molar-refractivity contribution in [3.05, 3.63) is 29.8 Å². The highest BCUT2D eigenvalue weighted by molar-refractivity contribution is 5.97. The van der Waals surface area contributed by atoms with Gasteiger partial charge in [0.2, 0.25) is 5.91 Å². The molecule has 0 bridgehead atoms. The zero-order valence-corrected chi connectivity index (χ0v) is 11.9. The summed E-state index contributed by atoms with van der Waals surface area (Å²) in [4.78, 5) is 25.6. The van der Waals surface area contributed by atoms with Crippen LogP contribution in [0, 0.1) is 0 Å². The summed E-state index contributed by atoms with van der Waals surface area (Å²) in [6, 6.07) is 7.28. The van der Waals surface area contributed by atoms with Gasteiger partial charge in [0, 0.05) is 24.2 Å². The van der Waals surface area contributed by atoms with Crippen molar-refractivity contribution in [2.45, 2.75) is 43.6 Å². The molecule has 0 spiro atoms. The lowest BCUT2D eigenvalue weighted by atomic mass is 9.75. The maximum Gasteiger partial charge on any atom is 0.311 e. The van der Waals surface area contributed by atoms with Gasteiger partial charge in [-0.15, -0.1) is 0 Å². The second kappa shape index (κ2) is 5.15. The molecule has 1 aliphatic carbocycles. The molecule has 0 radical (unpaired) electrons. The van der Waals surface area contributed by atoms with Gasteiger partial charge in [-0.25, -0.2) is 0 Å². The van der Waals surface area contributed by atoms with Gasteiger partial charge in [0.05, 0.1) is 5.92 Å². The molecule has 112 valence electrons. The molecule has 1 unspecified atom stereocenters. The van der Waals surface area contributed by atoms with Crippen molar-refractivity contribution in [1.29, 1.82) is 0 Å². The summed E-state index contributed by atoms with van der Waals surface area (Å²) in [5.41, 5.74) is 7.26. The van der Waals surface area contributed by atoms with Gasteiger partial charge in [0.15, 0.2) is 0 Å². The summed E-state index contributed by atoms with van der Waals surface area (Å²) < 4.78 is 0. The third kappa shape index (κ3) is 2.53. The average molecular weight is 288 g/mol. The van der Waals surface area contributed by atoms with Crippen LogP contribution in [-0.4, -0.2) is 29.1 Å². The first-order valence-electron chi connectivity index (χ1n) is 7.41. The van der Waals surface area contributed by atoms with Gasteiger partial charge < -0.3 is 15.7 Å². The molecule has 5 nitrogen and oxygen atoms in total. The van der Waals surface area contributed by atoms with Crippen LogP contribution >= 0.6 is 0 Å². The standard InChI is InChI=1S/C16H20N2O3/c17-16(7-3-8-16)10-14(19)18-9-6-12(15(20)21)11-4-1-2-5-13(11)18/h1-2,4-5,12H,3,6-10,17H2,(H,20,21). The number of carboxylic acids is 1. The Balaban J connectivity index is 1.85. The molecule has 0 saturated heterocycles. The molecular weight excluding hydrogens is 268 g/mol. The number of carbonyl (C=O) groups is 2. The number of nitrogens with two attached hydrogens (primary N) is 1. The van der Waals surface area contributed by atoms with E-state index in [-0.39, 0.29) is 11.4 Å². The zero-order chi connectivity index (χ0) is 15.0. The van der Waals surface area contributed by atoms with E-state index in [4.69, 9.17) is 5.73 Å². The topological polar surface area (TPSA) is 83.6 Å². The quantitative estimate of drug-likeness (QED) is 0.889. The lowest BCUT2D eigenvalue weighted by Gasteiger charge is -2.40. The minimum Gasteiger partial charge on any atom is -0.481 e. The van der Waals surface area contributed by atoms with Crippen LogP contribution in [0.25, 0.3) is 0 Å². The smallest absolute Gasteiger partial charge is 0.311 e. The van der Waals surface area contributed by atoms with Gasteiger partial charge in [-0.2, -0.15) is 0 Å². The highest BCUT2D eigenvalue weighted by Gasteiger charge is 2.38. The number of hydrogen-bond donors (Lipinski definition) is 2. The van der Waals surface area contributed by atoms with E-state index in [9.17, 15) is 14.7 Å². The minimum atomic E-state index is -0.830. The number of amides is 1. The van der Waals surface area contributed by atoms with E-state index in [0.717, 1.165) is 30.5 Å². The second-order valence-corrected chi connectivity index (χ2v) is 6.18. The number of para-hydroxylation sites is 1. The van der Waals surface area contributed by atoms with E-state index in [1.54, 1.807) is 11.0 Å². The number of hydrogen-bond acceptors (Lipinski definition) is 3. The molecule has 1 atom stereocenters. The average Bonchev–Trinajstić information content (AvgIpc) is 2.44. The molecule has 1 saturated carbocycles. The Kier molecular flexibility index (Phi) is 3.45. The van der Waals surface area contributed by atoms with E-state index >= 15 is 0 Å². The Bertz CT molecular complexity index is 581. The molecule has 1 fully saturated rings. The Morgan fingerprint density at radius 3 is 2.67 bits per heavy atom. The predicted molar refractivity (Wildman–Crippen MR) is 79.2 cm³/mol. The molecule has 1 aromatic rings. The zero-order valence-electron chi connectivity index (χ0n) is 11.9. The Labute approximate surface area is 123 Å². The highest BCUT2D eigenvalue weighted by atomic mass is 16.4. The number of carboxylic acid groups (broad SMARTS) is 1. The van der Waals surface area contributed by atoms with Crippen LogP contribution in [0.3, 0.4) is 0 Å². The Hall–Kier alpha value is -1.88. The van der Waals surface area contributed by atoms with Gasteiger partial charge in [-0.1, -0.05) is 18.2 Å². The summed E-state index contributed by atoms with van der Waals surface area (Å²) in [7, 11) is 0. The van der Waals surface area contributed by atoms with E-state index in [1.807, 2.05) is 18.2 Å². The monoisotopic (exact) mass is 288 g/mol. The van der Waals surface area contributed by atoms with E-state index < -0.39 is 11.9 Å². The fraction of sp³-hybridized carbons (Fsp3) is 0.500. The number of rotatable bonds is 3. The van der Waals surface area contributed by atoms with Crippen molar-refractivity contribution in [1.82, 2.24) is 0 Å². The molecular formula is C16H20N2O3. The first-order valence-corrected chi connectivity index (χ1v) is 7.41. The predicted octanol–water partition coefficient (Wildman–Crippen LogP) is 1.86. The maximum atomic E-state index is 12.5. The lowest BCUT2D eigenvalue weighted by molar-refractivity contribution is -0.139. The van der Waals surface area contributed by atoms with Gasteiger partial charge in [-0.05, 0) is 37.3 Å². The van der Waals surface area contributed by atoms with Crippen LogP contribution in [0.5, 0.6) is 0 Å². The molecule has 3 rings (SSSR count). The van der Waals surface area contributed by atoms with Gasteiger partial charge >= 0.3 is 5.97 Å². The lowest BCUT2D eigenvalue weighted by Crippen LogP contribution is -2.51. The number of aliphatic carboxylic acids is 1. The van der Waals surface area contributed by atoms with E-state index in [2.05, 4.69) is 0 Å². The number of carbonyl (C=O) groups excluding carboxylic acids is 1. The van der Waals surface area contributed by atoms with Crippen LogP contribution < -0.4 is 10.6 Å². The summed E-state index contributed by atoms with van der Waals surface area (Å²) in [5.74, 6) is -1.35. The van der Waals surface area contributed by atoms with Gasteiger partial charge in [-0.3, -0.25) is 9.59 Å². The largest absolute Gasteiger partial charge is 0.481 e. The summed E-state index contributed by atoms with van der Waals surface area (Å²) in [6.07, 6.45) is 3.67. The molecule has 2 aliphatic rings. The SMILES string of the molecule is NC1(CC(=O)N2CCC(C(=O)O)c3ccccc32)CCC1. The van der Waals surface area contributed by atoms with Crippen LogP contribution in [-0.2, 0) is 9.59 Å². The molecule has 1 aliphatic heterocycles. The first kappa shape index (κ1) is 14.1. The molecule has 21 heavy (non-hydrogen) atoms. The van der Waals surface area contributed by atoms with Crippen molar-refractivity contribution in [2.75, 3.05) is 11.4 Å². The fourth-order valence-electron chi connectivity index (χ4n) is 3.28. The van der Waals surface area contributed by atoms with Crippen LogP contribution in [0.2, 0.25) is 0 Å². The van der Waals surface area contributed by atoms with Crippen molar-refractivity contribution < 1.29 is 14.7 Å². The van der Waals surface area contributed by atoms with Crippen LogP contribution in [0.4, 0.5) is 5.69 Å². The van der Waals surface area contributed by atoms with Crippen molar-refractivity contribution >= 4 is 17.6 Å². The summed E-state index contributed by atoms with van der Waals surface area (Å²) in [6.45, 7) is 0.447. The van der Waals surface area contributed by atoms with Crippen molar-refractivity contribution in [3.63, 3.8) is 0 Å². The molecule has 3 N–H and O–H groups in total. The third-order valence-electron chi connectivity index (χ3n) is 4.70. The number of benzene rings is 1. The van der Waals surface area contributed by atoms with Crippen LogP contribution in [0.15, 0.2) is 24.3 Å². The van der Waals surface area contributed by atoms with Gasteiger partial charge in [0.1, 0.15) is 0 Å². The van der Waals surface area contributed by atoms with Crippen molar-refractivity contribution in [2.24, 2.45) is 5.73 Å². The molecule has 0 aromatic heterocycles. The molecule has 1 heterocycles. The summed E-state index contributed by atoms with van der Waals surface area (Å²) in [5, 5.41) is 9.32. The van der Waals surface area contributed by atoms with E-state index in [0.29, 0.717) is 19.4 Å². The Morgan fingerprint density at radius 2 is 2.05 bits per heavy atom. The molecule has 1 amide bonds. The van der Waals surface area contributed by atoms with Crippen LogP contribution in [0.1, 0.15) is 43.6 Å². The molecule has 5 heteroatoms. The number of nitrogens with zero attached hydrogens (tertiary/aromatic N) is 1. The number of fused-ring (bicyclic) bond motifs is 1. The summed E-state index contributed by atoms with van der Waals surface area (Å²) >= 11 is 0.